The van der Waals surface area contributed by atoms with Crippen LogP contribution in [0.4, 0.5) is 0 Å². The molecule has 2 aromatic rings. The Labute approximate surface area is 127 Å². The van der Waals surface area contributed by atoms with Crippen LogP contribution in [0.1, 0.15) is 12.0 Å². The molecule has 0 amide bonds. The lowest BCUT2D eigenvalue weighted by molar-refractivity contribution is 0.153. The Morgan fingerprint density at radius 3 is 2.62 bits per heavy atom. The van der Waals surface area contributed by atoms with Crippen molar-refractivity contribution in [1.82, 2.24) is 19.6 Å². The zero-order chi connectivity index (χ0) is 14.5. The summed E-state index contributed by atoms with van der Waals surface area (Å²) >= 11 is 0. The Hall–Kier alpha value is -1.65. The highest BCUT2D eigenvalue weighted by atomic mass is 15.3. The Morgan fingerprint density at radius 2 is 1.86 bits per heavy atom. The van der Waals surface area contributed by atoms with Crippen LogP contribution >= 0.6 is 0 Å². The van der Waals surface area contributed by atoms with E-state index in [4.69, 9.17) is 0 Å². The Kier molecular flexibility index (Phi) is 4.68. The van der Waals surface area contributed by atoms with Crippen LogP contribution in [0, 0.1) is 0 Å². The fourth-order valence-electron chi connectivity index (χ4n) is 2.92. The molecule has 21 heavy (non-hydrogen) atoms. The molecule has 0 saturated carbocycles. The Bertz CT molecular complexity index is 542. The fraction of sp³-hybridized carbons (Fsp3) is 0.471. The molecule has 0 atom stereocenters. The highest BCUT2D eigenvalue weighted by Crippen LogP contribution is 2.15. The van der Waals surface area contributed by atoms with Crippen LogP contribution in [-0.2, 0) is 6.42 Å². The summed E-state index contributed by atoms with van der Waals surface area (Å²) in [7, 11) is 2.21. The van der Waals surface area contributed by atoms with Gasteiger partial charge < -0.3 is 9.80 Å². The van der Waals surface area contributed by atoms with Crippen molar-refractivity contribution in [3.05, 3.63) is 48.3 Å². The first kappa shape index (κ1) is 14.3. The van der Waals surface area contributed by atoms with Crippen LogP contribution < -0.4 is 0 Å². The molecule has 0 aliphatic carbocycles. The maximum atomic E-state index is 4.35. The molecule has 0 radical (unpaired) electrons. The number of nitrogens with zero attached hydrogens (tertiary/aromatic N) is 4. The Morgan fingerprint density at radius 1 is 1.05 bits per heavy atom. The van der Waals surface area contributed by atoms with Gasteiger partial charge in [0.1, 0.15) is 0 Å². The van der Waals surface area contributed by atoms with Gasteiger partial charge in [0.2, 0.25) is 0 Å². The molecule has 1 saturated heterocycles. The normalized spacial score (nSPS) is 17.2. The molecule has 0 N–H and O–H groups in total. The third-order valence-electron chi connectivity index (χ3n) is 4.26. The maximum Gasteiger partial charge on any atom is 0.0677 e. The standard InChI is InChI=1S/C17H24N4/c1-19-12-14-20(15-13-19)10-4-7-16-6-2-3-8-17(16)21-11-5-9-18-21/h2-3,5-6,8-9,11H,4,7,10,12-15H2,1H3. The minimum Gasteiger partial charge on any atom is -0.304 e. The molecule has 1 aromatic carbocycles. The van der Waals surface area contributed by atoms with Crippen molar-refractivity contribution >= 4 is 0 Å². The van der Waals surface area contributed by atoms with Crippen LogP contribution in [0.15, 0.2) is 42.7 Å². The number of aryl methyl sites for hydroxylation is 1. The summed E-state index contributed by atoms with van der Waals surface area (Å²) in [6, 6.07) is 10.6. The quantitative estimate of drug-likeness (QED) is 0.840. The number of piperazine rings is 1. The lowest BCUT2D eigenvalue weighted by atomic mass is 10.1. The molecule has 3 rings (SSSR count). The summed E-state index contributed by atoms with van der Waals surface area (Å²) in [5, 5.41) is 4.35. The number of rotatable bonds is 5. The molecule has 4 heteroatoms. The molecule has 1 aliphatic rings. The van der Waals surface area contributed by atoms with E-state index >= 15 is 0 Å². The zero-order valence-electron chi connectivity index (χ0n) is 12.8. The second-order valence-electron chi connectivity index (χ2n) is 5.83. The number of benzene rings is 1. The summed E-state index contributed by atoms with van der Waals surface area (Å²) in [5.74, 6) is 0. The summed E-state index contributed by atoms with van der Waals surface area (Å²) < 4.78 is 1.96. The SMILES string of the molecule is CN1CCN(CCCc2ccccc2-n2cccn2)CC1. The maximum absolute atomic E-state index is 4.35. The number of hydrogen-bond acceptors (Lipinski definition) is 3. The van der Waals surface area contributed by atoms with Gasteiger partial charge in [0.05, 0.1) is 5.69 Å². The second kappa shape index (κ2) is 6.87. The molecule has 1 aliphatic heterocycles. The van der Waals surface area contributed by atoms with Crippen molar-refractivity contribution in [3.8, 4) is 5.69 Å². The van der Waals surface area contributed by atoms with Gasteiger partial charge in [0.25, 0.3) is 0 Å². The molecule has 0 unspecified atom stereocenters. The van der Waals surface area contributed by atoms with Crippen LogP contribution in [-0.4, -0.2) is 59.4 Å². The van der Waals surface area contributed by atoms with Crippen LogP contribution in [0.2, 0.25) is 0 Å². The summed E-state index contributed by atoms with van der Waals surface area (Å²) in [4.78, 5) is 4.99. The van der Waals surface area contributed by atoms with Gasteiger partial charge >= 0.3 is 0 Å². The molecule has 1 aromatic heterocycles. The largest absolute Gasteiger partial charge is 0.304 e. The van der Waals surface area contributed by atoms with Gasteiger partial charge in [-0.2, -0.15) is 5.10 Å². The van der Waals surface area contributed by atoms with E-state index in [1.807, 2.05) is 23.1 Å². The molecule has 4 nitrogen and oxygen atoms in total. The van der Waals surface area contributed by atoms with E-state index in [1.54, 1.807) is 0 Å². The molecular formula is C17H24N4. The van der Waals surface area contributed by atoms with Gasteiger partial charge in [0.15, 0.2) is 0 Å². The van der Waals surface area contributed by atoms with E-state index in [0.717, 1.165) is 6.42 Å². The fourth-order valence-corrected chi connectivity index (χ4v) is 2.92. The van der Waals surface area contributed by atoms with Crippen LogP contribution in [0.5, 0.6) is 0 Å². The second-order valence-corrected chi connectivity index (χ2v) is 5.83. The monoisotopic (exact) mass is 284 g/mol. The first-order chi connectivity index (χ1) is 10.3. The van der Waals surface area contributed by atoms with Crippen molar-refractivity contribution in [1.29, 1.82) is 0 Å². The van der Waals surface area contributed by atoms with E-state index < -0.39 is 0 Å². The molecular weight excluding hydrogens is 260 g/mol. The molecule has 1 fully saturated rings. The number of aromatic nitrogens is 2. The van der Waals surface area contributed by atoms with E-state index in [9.17, 15) is 0 Å². The van der Waals surface area contributed by atoms with Gasteiger partial charge in [-0.1, -0.05) is 18.2 Å². The Balaban J connectivity index is 1.56. The van der Waals surface area contributed by atoms with E-state index in [2.05, 4.69) is 46.2 Å². The van der Waals surface area contributed by atoms with E-state index in [-0.39, 0.29) is 0 Å². The minimum atomic E-state index is 1.11. The number of hydrogen-bond donors (Lipinski definition) is 0. The zero-order valence-corrected chi connectivity index (χ0v) is 12.8. The summed E-state index contributed by atoms with van der Waals surface area (Å²) in [5.41, 5.74) is 2.59. The molecule has 2 heterocycles. The van der Waals surface area contributed by atoms with Gasteiger partial charge in [-0.3, -0.25) is 0 Å². The van der Waals surface area contributed by atoms with E-state index in [0.29, 0.717) is 0 Å². The van der Waals surface area contributed by atoms with Gasteiger partial charge in [-0.05, 0) is 44.1 Å². The van der Waals surface area contributed by atoms with E-state index in [1.165, 1.54) is 50.4 Å². The van der Waals surface area contributed by atoms with Crippen molar-refractivity contribution < 1.29 is 0 Å². The third kappa shape index (κ3) is 3.71. The highest BCUT2D eigenvalue weighted by Gasteiger charge is 2.13. The smallest absolute Gasteiger partial charge is 0.0677 e. The summed E-state index contributed by atoms with van der Waals surface area (Å²) in [6.07, 6.45) is 6.17. The molecule has 112 valence electrons. The topological polar surface area (TPSA) is 24.3 Å². The van der Waals surface area contributed by atoms with Crippen LogP contribution in [0.25, 0.3) is 5.69 Å². The van der Waals surface area contributed by atoms with Crippen molar-refractivity contribution in [2.45, 2.75) is 12.8 Å². The molecule has 0 spiro atoms. The van der Waals surface area contributed by atoms with Crippen molar-refractivity contribution in [3.63, 3.8) is 0 Å². The highest BCUT2D eigenvalue weighted by molar-refractivity contribution is 5.40. The summed E-state index contributed by atoms with van der Waals surface area (Å²) in [6.45, 7) is 6.00. The van der Waals surface area contributed by atoms with Gasteiger partial charge in [-0.15, -0.1) is 0 Å². The number of para-hydroxylation sites is 1. The predicted octanol–water partition coefficient (Wildman–Crippen LogP) is 2.05. The van der Waals surface area contributed by atoms with Crippen molar-refractivity contribution in [2.75, 3.05) is 39.8 Å². The lowest BCUT2D eigenvalue weighted by Crippen LogP contribution is -2.44. The van der Waals surface area contributed by atoms with Gasteiger partial charge in [0, 0.05) is 38.6 Å². The first-order valence-corrected chi connectivity index (χ1v) is 7.82. The predicted molar refractivity (Wildman–Crippen MR) is 85.8 cm³/mol. The average Bonchev–Trinajstić information content (AvgIpc) is 3.04. The lowest BCUT2D eigenvalue weighted by Gasteiger charge is -2.32. The van der Waals surface area contributed by atoms with Gasteiger partial charge in [-0.25, -0.2) is 4.68 Å². The average molecular weight is 284 g/mol. The molecule has 0 bridgehead atoms. The first-order valence-electron chi connectivity index (χ1n) is 7.82. The third-order valence-corrected chi connectivity index (χ3v) is 4.26. The number of likely N-dealkylation sites (N-methyl/N-ethyl adjacent to an activating group) is 1. The van der Waals surface area contributed by atoms with Crippen LogP contribution in [0.3, 0.4) is 0 Å². The minimum absolute atomic E-state index is 1.11. The van der Waals surface area contributed by atoms with Crippen molar-refractivity contribution in [2.24, 2.45) is 0 Å².